The van der Waals surface area contributed by atoms with Crippen LogP contribution in [0.15, 0.2) is 24.3 Å². The number of rotatable bonds is 5. The lowest BCUT2D eigenvalue weighted by Gasteiger charge is -2.26. The monoisotopic (exact) mass is 347 g/mol. The standard InChI is InChI=1S/C19H25NO3S/c1-2-23-19(22)18-16(9-10-20(18)24)17(21)12-13-7-8-14-5-3-4-6-15(14)11-13/h3-6,13,16,18,24H,2,7-12H2,1H3/t13?,16?,18-/m0/s1. The number of esters is 1. The first-order valence-corrected chi connectivity index (χ1v) is 9.21. The van der Waals surface area contributed by atoms with Crippen LogP contribution >= 0.6 is 12.8 Å². The summed E-state index contributed by atoms with van der Waals surface area (Å²) in [7, 11) is 0. The normalized spacial score (nSPS) is 26.8. The van der Waals surface area contributed by atoms with Crippen LogP contribution in [-0.2, 0) is 27.2 Å². The molecule has 1 fully saturated rings. The van der Waals surface area contributed by atoms with Crippen molar-refractivity contribution in [1.82, 2.24) is 4.31 Å². The smallest absolute Gasteiger partial charge is 0.324 e. The average Bonchev–Trinajstić information content (AvgIpc) is 2.97. The molecule has 0 radical (unpaired) electrons. The summed E-state index contributed by atoms with van der Waals surface area (Å²) in [6.45, 7) is 2.76. The number of carbonyl (C=O) groups is 2. The molecule has 0 bridgehead atoms. The van der Waals surface area contributed by atoms with Crippen LogP contribution in [0.1, 0.15) is 37.3 Å². The molecule has 24 heavy (non-hydrogen) atoms. The topological polar surface area (TPSA) is 46.6 Å². The Hall–Kier alpha value is -1.33. The van der Waals surface area contributed by atoms with E-state index in [1.165, 1.54) is 11.1 Å². The molecule has 1 aliphatic heterocycles. The van der Waals surface area contributed by atoms with Crippen LogP contribution in [0.2, 0.25) is 0 Å². The van der Waals surface area contributed by atoms with Crippen molar-refractivity contribution in [3.05, 3.63) is 35.4 Å². The summed E-state index contributed by atoms with van der Waals surface area (Å²) in [6.07, 6.45) is 4.29. The van der Waals surface area contributed by atoms with Crippen LogP contribution < -0.4 is 0 Å². The highest BCUT2D eigenvalue weighted by molar-refractivity contribution is 7.77. The maximum absolute atomic E-state index is 12.8. The maximum atomic E-state index is 12.8. The fourth-order valence-electron chi connectivity index (χ4n) is 4.01. The number of aryl methyl sites for hydroxylation is 1. The third-order valence-electron chi connectivity index (χ3n) is 5.25. The Morgan fingerprint density at radius 1 is 1.25 bits per heavy atom. The average molecular weight is 347 g/mol. The van der Waals surface area contributed by atoms with Gasteiger partial charge in [-0.25, -0.2) is 4.31 Å². The number of ketones is 1. The molecule has 4 nitrogen and oxygen atoms in total. The molecule has 0 aromatic heterocycles. The summed E-state index contributed by atoms with van der Waals surface area (Å²) in [6, 6.07) is 7.96. The second-order valence-corrected chi connectivity index (χ2v) is 7.32. The van der Waals surface area contributed by atoms with Gasteiger partial charge in [0.05, 0.1) is 6.61 Å². The zero-order valence-electron chi connectivity index (χ0n) is 14.1. The second kappa shape index (κ2) is 7.70. The van der Waals surface area contributed by atoms with E-state index in [0.717, 1.165) is 19.3 Å². The summed E-state index contributed by atoms with van der Waals surface area (Å²) in [5, 5.41) is 0. The fraction of sp³-hybridized carbons (Fsp3) is 0.579. The van der Waals surface area contributed by atoms with Gasteiger partial charge < -0.3 is 4.74 Å². The Morgan fingerprint density at radius 3 is 2.75 bits per heavy atom. The van der Waals surface area contributed by atoms with Gasteiger partial charge in [0.25, 0.3) is 0 Å². The zero-order chi connectivity index (χ0) is 17.1. The minimum atomic E-state index is -0.531. The highest BCUT2D eigenvalue weighted by Gasteiger charge is 2.43. The Kier molecular flexibility index (Phi) is 5.61. The third-order valence-corrected chi connectivity index (χ3v) is 5.70. The molecule has 2 unspecified atom stereocenters. The lowest BCUT2D eigenvalue weighted by molar-refractivity contribution is -0.150. The molecule has 2 aliphatic rings. The summed E-state index contributed by atoms with van der Waals surface area (Å²) in [4.78, 5) is 25.0. The molecule has 1 aliphatic carbocycles. The van der Waals surface area contributed by atoms with E-state index in [4.69, 9.17) is 4.74 Å². The van der Waals surface area contributed by atoms with Gasteiger partial charge in [0, 0.05) is 18.9 Å². The van der Waals surface area contributed by atoms with E-state index in [1.54, 1.807) is 11.2 Å². The number of hydrogen-bond donors (Lipinski definition) is 1. The van der Waals surface area contributed by atoms with E-state index in [0.29, 0.717) is 31.9 Å². The lowest BCUT2D eigenvalue weighted by Crippen LogP contribution is -2.39. The van der Waals surface area contributed by atoms with Gasteiger partial charge in [-0.2, -0.15) is 0 Å². The number of carbonyl (C=O) groups excluding carboxylic acids is 2. The van der Waals surface area contributed by atoms with Gasteiger partial charge >= 0.3 is 5.97 Å². The number of fused-ring (bicyclic) bond motifs is 1. The summed E-state index contributed by atoms with van der Waals surface area (Å²) in [5.41, 5.74) is 2.78. The van der Waals surface area contributed by atoms with Crippen LogP contribution in [-0.4, -0.2) is 35.3 Å². The molecule has 1 aromatic carbocycles. The van der Waals surface area contributed by atoms with Gasteiger partial charge in [-0.3, -0.25) is 9.59 Å². The molecule has 1 heterocycles. The number of Topliss-reactive ketones (excluding diaryl/α,β-unsaturated/α-hetero) is 1. The predicted molar refractivity (Wildman–Crippen MR) is 95.8 cm³/mol. The molecule has 0 amide bonds. The van der Waals surface area contributed by atoms with Gasteiger partial charge in [-0.1, -0.05) is 37.1 Å². The van der Waals surface area contributed by atoms with Gasteiger partial charge in [0.1, 0.15) is 11.8 Å². The van der Waals surface area contributed by atoms with E-state index >= 15 is 0 Å². The van der Waals surface area contributed by atoms with Gasteiger partial charge in [-0.05, 0) is 49.7 Å². The largest absolute Gasteiger partial charge is 0.465 e. The quantitative estimate of drug-likeness (QED) is 0.657. The van der Waals surface area contributed by atoms with Crippen molar-refractivity contribution in [2.75, 3.05) is 13.2 Å². The number of nitrogens with zero attached hydrogens (tertiary/aromatic N) is 1. The number of ether oxygens (including phenoxy) is 1. The van der Waals surface area contributed by atoms with Crippen LogP contribution in [0.5, 0.6) is 0 Å². The van der Waals surface area contributed by atoms with E-state index < -0.39 is 6.04 Å². The van der Waals surface area contributed by atoms with E-state index in [-0.39, 0.29) is 17.7 Å². The summed E-state index contributed by atoms with van der Waals surface area (Å²) >= 11 is 4.36. The molecule has 0 saturated carbocycles. The lowest BCUT2D eigenvalue weighted by atomic mass is 9.79. The van der Waals surface area contributed by atoms with Crippen molar-refractivity contribution >= 4 is 24.6 Å². The Morgan fingerprint density at radius 2 is 2.00 bits per heavy atom. The molecule has 1 saturated heterocycles. The molecule has 130 valence electrons. The first-order chi connectivity index (χ1) is 11.6. The van der Waals surface area contributed by atoms with Crippen LogP contribution in [0.3, 0.4) is 0 Å². The minimum absolute atomic E-state index is 0.189. The number of thiol groups is 1. The van der Waals surface area contributed by atoms with E-state index in [1.807, 2.05) is 0 Å². The molecule has 3 rings (SSSR count). The number of benzene rings is 1. The van der Waals surface area contributed by atoms with Crippen LogP contribution in [0.25, 0.3) is 0 Å². The molecule has 0 N–H and O–H groups in total. The second-order valence-electron chi connectivity index (χ2n) is 6.80. The highest BCUT2D eigenvalue weighted by atomic mass is 32.1. The van der Waals surface area contributed by atoms with Crippen molar-refractivity contribution in [3.8, 4) is 0 Å². The Bertz CT molecular complexity index is 618. The van der Waals surface area contributed by atoms with Crippen LogP contribution in [0, 0.1) is 11.8 Å². The number of hydrogen-bond acceptors (Lipinski definition) is 5. The zero-order valence-corrected chi connectivity index (χ0v) is 15.0. The molecular weight excluding hydrogens is 322 g/mol. The Labute approximate surface area is 149 Å². The maximum Gasteiger partial charge on any atom is 0.324 e. The summed E-state index contributed by atoms with van der Waals surface area (Å²) < 4.78 is 6.79. The fourth-order valence-corrected chi connectivity index (χ4v) is 4.38. The van der Waals surface area contributed by atoms with Gasteiger partial charge in [-0.15, -0.1) is 0 Å². The minimum Gasteiger partial charge on any atom is -0.465 e. The van der Waals surface area contributed by atoms with Crippen molar-refractivity contribution < 1.29 is 14.3 Å². The van der Waals surface area contributed by atoms with Crippen molar-refractivity contribution in [3.63, 3.8) is 0 Å². The Balaban J connectivity index is 1.63. The van der Waals surface area contributed by atoms with Gasteiger partial charge in [0.15, 0.2) is 0 Å². The first-order valence-electron chi connectivity index (χ1n) is 8.81. The highest BCUT2D eigenvalue weighted by Crippen LogP contribution is 2.33. The van der Waals surface area contributed by atoms with E-state index in [2.05, 4.69) is 37.1 Å². The third kappa shape index (κ3) is 3.67. The van der Waals surface area contributed by atoms with Crippen molar-refractivity contribution in [2.24, 2.45) is 11.8 Å². The van der Waals surface area contributed by atoms with Crippen molar-refractivity contribution in [2.45, 2.75) is 45.1 Å². The molecule has 3 atom stereocenters. The van der Waals surface area contributed by atoms with E-state index in [9.17, 15) is 9.59 Å². The first kappa shape index (κ1) is 17.5. The predicted octanol–water partition coefficient (Wildman–Crippen LogP) is 2.85. The SMILES string of the molecule is CCOC(=O)[C@@H]1C(C(=O)CC2CCc3ccccc3C2)CCN1S. The summed E-state index contributed by atoms with van der Waals surface area (Å²) in [5.74, 6) is -0.0331. The van der Waals surface area contributed by atoms with Crippen LogP contribution in [0.4, 0.5) is 0 Å². The molecule has 0 spiro atoms. The van der Waals surface area contributed by atoms with Gasteiger partial charge in [0.2, 0.25) is 0 Å². The molecule has 5 heteroatoms. The molecular formula is C19H25NO3S. The van der Waals surface area contributed by atoms with Crippen molar-refractivity contribution in [1.29, 1.82) is 0 Å². The molecule has 1 aromatic rings.